The van der Waals surface area contributed by atoms with Gasteiger partial charge >= 0.3 is 0 Å². The van der Waals surface area contributed by atoms with Crippen LogP contribution in [0.1, 0.15) is 17.5 Å². The van der Waals surface area contributed by atoms with Crippen molar-refractivity contribution in [2.75, 3.05) is 12.9 Å². The summed E-state index contributed by atoms with van der Waals surface area (Å²) in [6.45, 7) is 0.431. The highest BCUT2D eigenvalue weighted by atomic mass is 79.9. The molecule has 7 heteroatoms. The van der Waals surface area contributed by atoms with E-state index in [4.69, 9.17) is 9.47 Å². The molecular weight excluding hydrogens is 476 g/mol. The highest BCUT2D eigenvalue weighted by molar-refractivity contribution is 9.10. The number of hydrogen-bond donors (Lipinski definition) is 1. The number of carbonyl (C=O) groups is 1. The third kappa shape index (κ3) is 7.45. The first-order valence-corrected chi connectivity index (χ1v) is 11.5. The standard InChI is InChI=1S/C24H23BrN2O3S/c1-29-22-15-19(14-21(25)24(22)30-17-18-8-4-2-5-9-18)16-26-27-23(28)12-13-31-20-10-6-3-7-11-20/h2-11,14-16H,12-13,17H2,1H3,(H,27,28)/b26-16-. The van der Waals surface area contributed by atoms with Crippen molar-refractivity contribution in [3.63, 3.8) is 0 Å². The first-order valence-electron chi connectivity index (χ1n) is 9.69. The smallest absolute Gasteiger partial charge is 0.240 e. The first kappa shape index (κ1) is 22.9. The van der Waals surface area contributed by atoms with Gasteiger partial charge in [0.2, 0.25) is 5.91 Å². The van der Waals surface area contributed by atoms with Gasteiger partial charge in [-0.2, -0.15) is 5.10 Å². The van der Waals surface area contributed by atoms with E-state index in [1.54, 1.807) is 25.1 Å². The van der Waals surface area contributed by atoms with Gasteiger partial charge in [0.15, 0.2) is 11.5 Å². The van der Waals surface area contributed by atoms with Crippen LogP contribution in [0.25, 0.3) is 0 Å². The van der Waals surface area contributed by atoms with Gasteiger partial charge in [-0.25, -0.2) is 5.43 Å². The second-order valence-electron chi connectivity index (χ2n) is 6.51. The molecule has 0 aromatic heterocycles. The lowest BCUT2D eigenvalue weighted by atomic mass is 10.2. The summed E-state index contributed by atoms with van der Waals surface area (Å²) in [5, 5.41) is 4.06. The van der Waals surface area contributed by atoms with Crippen LogP contribution < -0.4 is 14.9 Å². The van der Waals surface area contributed by atoms with E-state index < -0.39 is 0 Å². The molecule has 3 aromatic carbocycles. The Morgan fingerprint density at radius 1 is 1.10 bits per heavy atom. The van der Waals surface area contributed by atoms with Gasteiger partial charge in [-0.15, -0.1) is 11.8 Å². The SMILES string of the molecule is COc1cc(/C=N\NC(=O)CCSc2ccccc2)cc(Br)c1OCc1ccccc1. The largest absolute Gasteiger partial charge is 0.493 e. The summed E-state index contributed by atoms with van der Waals surface area (Å²) >= 11 is 5.17. The fourth-order valence-electron chi connectivity index (χ4n) is 2.70. The van der Waals surface area contributed by atoms with E-state index in [0.717, 1.165) is 20.5 Å². The lowest BCUT2D eigenvalue weighted by Crippen LogP contribution is -2.17. The third-order valence-corrected chi connectivity index (χ3v) is 5.82. The molecule has 0 saturated heterocycles. The van der Waals surface area contributed by atoms with Gasteiger partial charge < -0.3 is 9.47 Å². The minimum absolute atomic E-state index is 0.131. The van der Waals surface area contributed by atoms with Gasteiger partial charge in [0.25, 0.3) is 0 Å². The Kier molecular flexibility index (Phi) is 8.99. The second kappa shape index (κ2) is 12.2. The van der Waals surface area contributed by atoms with Gasteiger partial charge in [0.1, 0.15) is 6.61 Å². The highest BCUT2D eigenvalue weighted by Gasteiger charge is 2.11. The molecule has 0 unspecified atom stereocenters. The number of thioether (sulfide) groups is 1. The summed E-state index contributed by atoms with van der Waals surface area (Å²) < 4.78 is 12.2. The molecule has 3 aromatic rings. The molecule has 1 amide bonds. The van der Waals surface area contributed by atoms with Crippen molar-refractivity contribution in [3.05, 3.63) is 88.4 Å². The maximum absolute atomic E-state index is 12.0. The van der Waals surface area contributed by atoms with E-state index in [9.17, 15) is 4.79 Å². The Morgan fingerprint density at radius 3 is 2.52 bits per heavy atom. The first-order chi connectivity index (χ1) is 15.2. The lowest BCUT2D eigenvalue weighted by molar-refractivity contribution is -0.120. The molecule has 0 atom stereocenters. The molecule has 0 aliphatic carbocycles. The summed E-state index contributed by atoms with van der Waals surface area (Å²) in [7, 11) is 1.59. The van der Waals surface area contributed by atoms with E-state index in [2.05, 4.69) is 26.5 Å². The van der Waals surface area contributed by atoms with E-state index in [0.29, 0.717) is 30.3 Å². The fourth-order valence-corrected chi connectivity index (χ4v) is 4.14. The Hall–Kier alpha value is -2.77. The van der Waals surface area contributed by atoms with Crippen LogP contribution in [0.5, 0.6) is 11.5 Å². The zero-order valence-electron chi connectivity index (χ0n) is 17.1. The van der Waals surface area contributed by atoms with Crippen molar-refractivity contribution in [1.29, 1.82) is 0 Å². The average molecular weight is 499 g/mol. The number of methoxy groups -OCH3 is 1. The highest BCUT2D eigenvalue weighted by Crippen LogP contribution is 2.36. The van der Waals surface area contributed by atoms with Crippen LogP contribution in [0, 0.1) is 0 Å². The summed E-state index contributed by atoms with van der Waals surface area (Å²) in [6.07, 6.45) is 1.96. The van der Waals surface area contributed by atoms with E-state index in [1.165, 1.54) is 0 Å². The molecule has 160 valence electrons. The van der Waals surface area contributed by atoms with Crippen LogP contribution in [0.4, 0.5) is 0 Å². The minimum atomic E-state index is -0.131. The van der Waals surface area contributed by atoms with E-state index in [1.807, 2.05) is 72.8 Å². The van der Waals surface area contributed by atoms with Gasteiger partial charge in [-0.05, 0) is 51.3 Å². The Morgan fingerprint density at radius 2 is 1.81 bits per heavy atom. The molecule has 0 bridgehead atoms. The van der Waals surface area contributed by atoms with E-state index >= 15 is 0 Å². The maximum Gasteiger partial charge on any atom is 0.240 e. The third-order valence-electron chi connectivity index (χ3n) is 4.22. The molecule has 5 nitrogen and oxygen atoms in total. The van der Waals surface area contributed by atoms with Gasteiger partial charge in [0.05, 0.1) is 17.8 Å². The number of amides is 1. The fraction of sp³-hybridized carbons (Fsp3) is 0.167. The summed E-state index contributed by atoms with van der Waals surface area (Å²) in [4.78, 5) is 13.1. The second-order valence-corrected chi connectivity index (χ2v) is 8.54. The van der Waals surface area contributed by atoms with Crippen LogP contribution in [-0.4, -0.2) is 25.0 Å². The summed E-state index contributed by atoms with van der Waals surface area (Å²) in [6, 6.07) is 23.6. The number of nitrogens with one attached hydrogen (secondary N) is 1. The van der Waals surface area contributed by atoms with Crippen LogP contribution >= 0.6 is 27.7 Å². The van der Waals surface area contributed by atoms with Crippen molar-refractivity contribution in [1.82, 2.24) is 5.43 Å². The van der Waals surface area contributed by atoms with Crippen LogP contribution in [0.15, 0.2) is 87.3 Å². The summed E-state index contributed by atoms with van der Waals surface area (Å²) in [5.41, 5.74) is 4.40. The van der Waals surface area contributed by atoms with Crippen molar-refractivity contribution in [2.45, 2.75) is 17.9 Å². The number of rotatable bonds is 10. The number of hydrazone groups is 1. The van der Waals surface area contributed by atoms with Crippen LogP contribution in [0.3, 0.4) is 0 Å². The number of nitrogens with zero attached hydrogens (tertiary/aromatic N) is 1. The zero-order valence-corrected chi connectivity index (χ0v) is 19.5. The van der Waals surface area contributed by atoms with Gasteiger partial charge in [0, 0.05) is 17.1 Å². The predicted molar refractivity (Wildman–Crippen MR) is 129 cm³/mol. The van der Waals surface area contributed by atoms with Gasteiger partial charge in [-0.1, -0.05) is 48.5 Å². The molecule has 0 spiro atoms. The Labute approximate surface area is 195 Å². The Bertz CT molecular complexity index is 1010. The monoisotopic (exact) mass is 498 g/mol. The molecule has 3 rings (SSSR count). The number of carbonyl (C=O) groups excluding carboxylic acids is 1. The van der Waals surface area contributed by atoms with E-state index in [-0.39, 0.29) is 5.91 Å². The number of hydrogen-bond acceptors (Lipinski definition) is 5. The van der Waals surface area contributed by atoms with Gasteiger partial charge in [-0.3, -0.25) is 4.79 Å². The topological polar surface area (TPSA) is 59.9 Å². The molecule has 0 radical (unpaired) electrons. The zero-order chi connectivity index (χ0) is 21.9. The quantitative estimate of drug-likeness (QED) is 0.222. The molecular formula is C24H23BrN2O3S. The number of benzene rings is 3. The molecule has 0 aliphatic rings. The molecule has 31 heavy (non-hydrogen) atoms. The van der Waals surface area contributed by atoms with Crippen molar-refractivity contribution in [3.8, 4) is 11.5 Å². The van der Waals surface area contributed by atoms with Crippen LogP contribution in [-0.2, 0) is 11.4 Å². The minimum Gasteiger partial charge on any atom is -0.493 e. The molecule has 1 N–H and O–H groups in total. The molecule has 0 saturated carbocycles. The average Bonchev–Trinajstić information content (AvgIpc) is 2.79. The normalized spacial score (nSPS) is 10.8. The molecule has 0 aliphatic heterocycles. The summed E-state index contributed by atoms with van der Waals surface area (Å²) in [5.74, 6) is 1.76. The molecule has 0 fully saturated rings. The number of ether oxygens (including phenoxy) is 2. The lowest BCUT2D eigenvalue weighted by Gasteiger charge is -2.13. The Balaban J connectivity index is 1.52. The van der Waals surface area contributed by atoms with Crippen LogP contribution in [0.2, 0.25) is 0 Å². The van der Waals surface area contributed by atoms with Crippen molar-refractivity contribution in [2.24, 2.45) is 5.10 Å². The molecule has 0 heterocycles. The predicted octanol–water partition coefficient (Wildman–Crippen LogP) is 5.67. The maximum atomic E-state index is 12.0. The number of halogens is 1. The van der Waals surface area contributed by atoms with Crippen molar-refractivity contribution < 1.29 is 14.3 Å². The van der Waals surface area contributed by atoms with Crippen molar-refractivity contribution >= 4 is 39.8 Å².